The van der Waals surface area contributed by atoms with Crippen LogP contribution in [0.2, 0.25) is 0 Å². The molecule has 0 saturated carbocycles. The second kappa shape index (κ2) is 9.82. The standard InChI is InChI=1S/C22H29N7O4/c1-22(2,3)19(30)27-20(31)25-17-7-6-16(11-24-17)33-15-8-9-23-18(10-15)26-21(32)29-12-14(13-29)28(4)5/h6-11,14H,12-13H2,1-5H3,(H,23,26,32)(H2,24,25,27,30,31). The fourth-order valence-electron chi connectivity index (χ4n) is 2.77. The van der Waals surface area contributed by atoms with E-state index in [-0.39, 0.29) is 11.8 Å². The van der Waals surface area contributed by atoms with Crippen LogP contribution >= 0.6 is 0 Å². The summed E-state index contributed by atoms with van der Waals surface area (Å²) < 4.78 is 5.76. The molecule has 1 aliphatic heterocycles. The molecule has 5 amide bonds. The van der Waals surface area contributed by atoms with Gasteiger partial charge in [0.1, 0.15) is 23.1 Å². The highest BCUT2D eigenvalue weighted by molar-refractivity contribution is 6.02. The summed E-state index contributed by atoms with van der Waals surface area (Å²) in [5.74, 6) is 1.12. The molecule has 0 aliphatic carbocycles. The van der Waals surface area contributed by atoms with E-state index in [1.165, 1.54) is 12.4 Å². The minimum Gasteiger partial charge on any atom is -0.456 e. The zero-order chi connectivity index (χ0) is 24.2. The first kappa shape index (κ1) is 23.9. The zero-order valence-corrected chi connectivity index (χ0v) is 19.4. The lowest BCUT2D eigenvalue weighted by molar-refractivity contribution is -0.127. The Hall–Kier alpha value is -3.73. The van der Waals surface area contributed by atoms with E-state index in [0.29, 0.717) is 36.4 Å². The van der Waals surface area contributed by atoms with Gasteiger partial charge in [0.05, 0.1) is 6.20 Å². The van der Waals surface area contributed by atoms with Crippen molar-refractivity contribution in [2.75, 3.05) is 37.8 Å². The molecule has 33 heavy (non-hydrogen) atoms. The number of ether oxygens (including phenoxy) is 1. The molecular formula is C22H29N7O4. The Morgan fingerprint density at radius 3 is 2.36 bits per heavy atom. The van der Waals surface area contributed by atoms with E-state index >= 15 is 0 Å². The Kier molecular flexibility index (Phi) is 7.12. The summed E-state index contributed by atoms with van der Waals surface area (Å²) >= 11 is 0. The number of rotatable bonds is 5. The lowest BCUT2D eigenvalue weighted by Gasteiger charge is -2.42. The average Bonchev–Trinajstić information content (AvgIpc) is 2.67. The van der Waals surface area contributed by atoms with Crippen LogP contribution in [0.25, 0.3) is 0 Å². The molecule has 0 atom stereocenters. The van der Waals surface area contributed by atoms with Gasteiger partial charge in [0.15, 0.2) is 0 Å². The molecule has 0 unspecified atom stereocenters. The van der Waals surface area contributed by atoms with Crippen LogP contribution in [0.3, 0.4) is 0 Å². The van der Waals surface area contributed by atoms with Gasteiger partial charge in [0, 0.05) is 36.8 Å². The third kappa shape index (κ3) is 6.62. The van der Waals surface area contributed by atoms with E-state index in [9.17, 15) is 14.4 Å². The first-order chi connectivity index (χ1) is 15.5. The number of carbonyl (C=O) groups is 3. The van der Waals surface area contributed by atoms with E-state index in [1.807, 2.05) is 14.1 Å². The van der Waals surface area contributed by atoms with Crippen molar-refractivity contribution in [2.24, 2.45) is 5.41 Å². The molecule has 0 radical (unpaired) electrons. The van der Waals surface area contributed by atoms with E-state index in [0.717, 1.165) is 0 Å². The number of likely N-dealkylation sites (N-methyl/N-ethyl adjacent to an activating group) is 1. The van der Waals surface area contributed by atoms with E-state index in [2.05, 4.69) is 30.8 Å². The molecule has 2 aromatic rings. The highest BCUT2D eigenvalue weighted by Crippen LogP contribution is 2.24. The number of carbonyl (C=O) groups excluding carboxylic acids is 3. The van der Waals surface area contributed by atoms with Gasteiger partial charge in [-0.2, -0.15) is 0 Å². The molecule has 3 heterocycles. The summed E-state index contributed by atoms with van der Waals surface area (Å²) in [5.41, 5.74) is -0.685. The maximum absolute atomic E-state index is 12.3. The van der Waals surface area contributed by atoms with E-state index in [1.54, 1.807) is 49.9 Å². The lowest BCUT2D eigenvalue weighted by atomic mass is 9.96. The molecule has 0 spiro atoms. The summed E-state index contributed by atoms with van der Waals surface area (Å²) in [6.45, 7) is 6.47. The number of hydrogen-bond donors (Lipinski definition) is 3. The van der Waals surface area contributed by atoms with Crippen molar-refractivity contribution in [2.45, 2.75) is 26.8 Å². The van der Waals surface area contributed by atoms with Crippen LogP contribution in [0.15, 0.2) is 36.7 Å². The number of aromatic nitrogens is 2. The van der Waals surface area contributed by atoms with Gasteiger partial charge in [-0.1, -0.05) is 20.8 Å². The Morgan fingerprint density at radius 2 is 1.76 bits per heavy atom. The van der Waals surface area contributed by atoms with Crippen LogP contribution in [0.4, 0.5) is 21.2 Å². The molecule has 176 valence electrons. The molecule has 1 saturated heterocycles. The molecule has 11 nitrogen and oxygen atoms in total. The zero-order valence-electron chi connectivity index (χ0n) is 19.4. The van der Waals surface area contributed by atoms with Crippen LogP contribution in [-0.2, 0) is 4.79 Å². The van der Waals surface area contributed by atoms with Crippen LogP contribution in [0, 0.1) is 5.41 Å². The number of imide groups is 1. The van der Waals surface area contributed by atoms with E-state index in [4.69, 9.17) is 4.74 Å². The maximum atomic E-state index is 12.3. The van der Waals surface area contributed by atoms with Gasteiger partial charge in [-0.25, -0.2) is 19.6 Å². The van der Waals surface area contributed by atoms with Crippen molar-refractivity contribution in [1.29, 1.82) is 0 Å². The van der Waals surface area contributed by atoms with Gasteiger partial charge >= 0.3 is 12.1 Å². The minimum atomic E-state index is -0.685. The summed E-state index contributed by atoms with van der Waals surface area (Å²) in [6, 6.07) is 5.92. The normalized spacial score (nSPS) is 13.8. The third-order valence-electron chi connectivity index (χ3n) is 4.97. The second-order valence-corrected chi connectivity index (χ2v) is 8.97. The molecule has 3 N–H and O–H groups in total. The number of anilines is 2. The quantitative estimate of drug-likeness (QED) is 0.632. The Morgan fingerprint density at radius 1 is 1.03 bits per heavy atom. The Labute approximate surface area is 192 Å². The minimum absolute atomic E-state index is 0.210. The second-order valence-electron chi connectivity index (χ2n) is 8.97. The van der Waals surface area contributed by atoms with Gasteiger partial charge in [0.2, 0.25) is 5.91 Å². The van der Waals surface area contributed by atoms with Crippen molar-refractivity contribution >= 4 is 29.6 Å². The molecule has 1 aliphatic rings. The fourth-order valence-corrected chi connectivity index (χ4v) is 2.77. The monoisotopic (exact) mass is 455 g/mol. The van der Waals surface area contributed by atoms with Crippen molar-refractivity contribution < 1.29 is 19.1 Å². The van der Waals surface area contributed by atoms with Crippen molar-refractivity contribution in [3.63, 3.8) is 0 Å². The number of pyridine rings is 2. The predicted octanol–water partition coefficient (Wildman–Crippen LogP) is 2.74. The van der Waals surface area contributed by atoms with Crippen molar-refractivity contribution in [3.05, 3.63) is 36.7 Å². The van der Waals surface area contributed by atoms with Gasteiger partial charge in [0.25, 0.3) is 0 Å². The van der Waals surface area contributed by atoms with Crippen molar-refractivity contribution in [3.8, 4) is 11.5 Å². The summed E-state index contributed by atoms with van der Waals surface area (Å²) in [4.78, 5) is 48.2. The van der Waals surface area contributed by atoms with Gasteiger partial charge < -0.3 is 14.5 Å². The van der Waals surface area contributed by atoms with Crippen LogP contribution in [0.1, 0.15) is 20.8 Å². The molecule has 0 bridgehead atoms. The first-order valence-electron chi connectivity index (χ1n) is 10.5. The maximum Gasteiger partial charge on any atom is 0.327 e. The third-order valence-corrected chi connectivity index (χ3v) is 4.97. The van der Waals surface area contributed by atoms with Gasteiger partial charge in [-0.15, -0.1) is 0 Å². The smallest absolute Gasteiger partial charge is 0.327 e. The number of amides is 5. The van der Waals surface area contributed by atoms with Crippen LogP contribution < -0.4 is 20.7 Å². The SMILES string of the molecule is CN(C)C1CN(C(=O)Nc2cc(Oc3ccc(NC(=O)NC(=O)C(C)(C)C)nc3)ccn2)C1. The Balaban J connectivity index is 1.52. The molecule has 2 aromatic heterocycles. The largest absolute Gasteiger partial charge is 0.456 e. The number of likely N-dealkylation sites (tertiary alicyclic amines) is 1. The molecule has 0 aromatic carbocycles. The number of urea groups is 2. The first-order valence-corrected chi connectivity index (χ1v) is 10.5. The molecule has 1 fully saturated rings. The molecular weight excluding hydrogens is 426 g/mol. The number of nitrogens with one attached hydrogen (secondary N) is 3. The highest BCUT2D eigenvalue weighted by atomic mass is 16.5. The predicted molar refractivity (Wildman–Crippen MR) is 123 cm³/mol. The van der Waals surface area contributed by atoms with Crippen LogP contribution in [0.5, 0.6) is 11.5 Å². The summed E-state index contributed by atoms with van der Waals surface area (Å²) in [6.07, 6.45) is 2.96. The number of hydrogen-bond acceptors (Lipinski definition) is 7. The summed E-state index contributed by atoms with van der Waals surface area (Å²) in [7, 11) is 3.98. The van der Waals surface area contributed by atoms with E-state index < -0.39 is 17.4 Å². The number of nitrogens with zero attached hydrogens (tertiary/aromatic N) is 4. The van der Waals surface area contributed by atoms with Crippen molar-refractivity contribution in [1.82, 2.24) is 25.1 Å². The average molecular weight is 456 g/mol. The highest BCUT2D eigenvalue weighted by Gasteiger charge is 2.32. The van der Waals surface area contributed by atoms with Gasteiger partial charge in [-0.05, 0) is 32.3 Å². The van der Waals surface area contributed by atoms with Crippen LogP contribution in [-0.4, -0.2) is 71.0 Å². The topological polar surface area (TPSA) is 129 Å². The summed E-state index contributed by atoms with van der Waals surface area (Å²) in [5, 5.41) is 7.52. The fraction of sp³-hybridized carbons (Fsp3) is 0.409. The molecule has 3 rings (SSSR count). The lowest BCUT2D eigenvalue weighted by Crippen LogP contribution is -2.60. The Bertz CT molecular complexity index is 1010. The van der Waals surface area contributed by atoms with Gasteiger partial charge in [-0.3, -0.25) is 20.7 Å². The molecule has 11 heteroatoms.